The number of rotatable bonds is 38. The minimum Gasteiger partial charge on any atom is -0.462 e. The fourth-order valence-corrected chi connectivity index (χ4v) is 7.86. The van der Waals surface area contributed by atoms with Crippen LogP contribution in [0.15, 0.2) is 48.6 Å². The van der Waals surface area contributed by atoms with Gasteiger partial charge in [-0.05, 0) is 44.9 Å². The van der Waals surface area contributed by atoms with Gasteiger partial charge in [-0.1, -0.05) is 165 Å². The molecule has 9 atom stereocenters. The normalized spacial score (nSPS) is 22.8. The highest BCUT2D eigenvalue weighted by molar-refractivity contribution is 7.47. The summed E-state index contributed by atoms with van der Waals surface area (Å²) in [7, 11) is -5.14. The molecule has 1 saturated carbocycles. The molecule has 0 heterocycles. The topological polar surface area (TPSA) is 230 Å². The predicted molar refractivity (Wildman–Crippen MR) is 241 cm³/mol. The standard InChI is InChI=1S/C47H83O14P/c1-3-5-7-9-11-12-13-14-15-16-17-18-22-27-31-35-41(50)60-39(37-59-62(56,57)61-47-45(54)43(52)42(51)44(53)46(47)55)36-58-40(49)34-30-26-23-19-21-25-29-33-38(48)32-28-24-20-10-8-6-4-2/h19-20,23-25,28-29,32,38-39,42-48,51-55H,3-18,21-22,26-27,30-31,33-37H2,1-2H3,(H,56,57)/b23-19+,24-20-,29-25-,32-28-/t38-,39-,42?,43-,44+,45-,46-,47?/m1/s1. The van der Waals surface area contributed by atoms with Gasteiger partial charge in [0.05, 0.1) is 12.7 Å². The first-order chi connectivity index (χ1) is 29.8. The number of hydrogen-bond donors (Lipinski definition) is 7. The van der Waals surface area contributed by atoms with Crippen LogP contribution in [0.3, 0.4) is 0 Å². The minimum absolute atomic E-state index is 0.0575. The maximum absolute atomic E-state index is 12.8. The number of hydrogen-bond acceptors (Lipinski definition) is 13. The monoisotopic (exact) mass is 903 g/mol. The number of phosphoric ester groups is 1. The second-order valence-electron chi connectivity index (χ2n) is 16.5. The summed E-state index contributed by atoms with van der Waals surface area (Å²) in [4.78, 5) is 35.7. The van der Waals surface area contributed by atoms with Crippen LogP contribution in [0, 0.1) is 0 Å². The zero-order chi connectivity index (χ0) is 45.9. The van der Waals surface area contributed by atoms with Gasteiger partial charge in [0.25, 0.3) is 0 Å². The molecule has 3 unspecified atom stereocenters. The molecule has 1 fully saturated rings. The van der Waals surface area contributed by atoms with Gasteiger partial charge in [-0.15, -0.1) is 0 Å². The molecule has 15 heteroatoms. The molecule has 0 radical (unpaired) electrons. The van der Waals surface area contributed by atoms with Gasteiger partial charge >= 0.3 is 19.8 Å². The Balaban J connectivity index is 2.52. The molecule has 0 amide bonds. The van der Waals surface area contributed by atoms with Gasteiger partial charge in [-0.2, -0.15) is 0 Å². The van der Waals surface area contributed by atoms with Crippen LogP contribution in [0.1, 0.15) is 174 Å². The number of unbranched alkanes of at least 4 members (excludes halogenated alkanes) is 18. The summed E-state index contributed by atoms with van der Waals surface area (Å²) in [5.74, 6) is -1.20. The fraction of sp³-hybridized carbons (Fsp3) is 0.787. The first kappa shape index (κ1) is 57.8. The summed E-state index contributed by atoms with van der Waals surface area (Å²) in [6.45, 7) is 3.15. The molecule has 0 aromatic rings. The van der Waals surface area contributed by atoms with Crippen LogP contribution in [0.25, 0.3) is 0 Å². The van der Waals surface area contributed by atoms with E-state index >= 15 is 0 Å². The molecule has 1 rings (SSSR count). The maximum atomic E-state index is 12.8. The number of phosphoric acid groups is 1. The van der Waals surface area contributed by atoms with E-state index in [-0.39, 0.29) is 12.8 Å². The van der Waals surface area contributed by atoms with E-state index in [4.69, 9.17) is 18.5 Å². The summed E-state index contributed by atoms with van der Waals surface area (Å²) in [6, 6.07) is 0. The smallest absolute Gasteiger partial charge is 0.462 e. The summed E-state index contributed by atoms with van der Waals surface area (Å²) in [5, 5.41) is 60.2. The summed E-state index contributed by atoms with van der Waals surface area (Å²) < 4.78 is 33.4. The lowest BCUT2D eigenvalue weighted by Crippen LogP contribution is -2.64. The molecule has 1 aliphatic carbocycles. The Hall–Kier alpha value is -2.23. The molecular formula is C47H83O14P. The highest BCUT2D eigenvalue weighted by Crippen LogP contribution is 2.47. The Morgan fingerprint density at radius 1 is 0.581 bits per heavy atom. The van der Waals surface area contributed by atoms with Crippen molar-refractivity contribution in [1.29, 1.82) is 0 Å². The van der Waals surface area contributed by atoms with Gasteiger partial charge in [-0.25, -0.2) is 4.57 Å². The van der Waals surface area contributed by atoms with Crippen LogP contribution in [0.4, 0.5) is 0 Å². The van der Waals surface area contributed by atoms with E-state index in [9.17, 15) is 49.7 Å². The maximum Gasteiger partial charge on any atom is 0.472 e. The quantitative estimate of drug-likeness (QED) is 0.0102. The first-order valence-corrected chi connectivity index (χ1v) is 25.0. The van der Waals surface area contributed by atoms with E-state index in [1.807, 2.05) is 36.5 Å². The Labute approximate surface area is 372 Å². The third-order valence-corrected chi connectivity index (χ3v) is 11.7. The van der Waals surface area contributed by atoms with E-state index in [0.29, 0.717) is 32.1 Å². The Morgan fingerprint density at radius 2 is 1.08 bits per heavy atom. The van der Waals surface area contributed by atoms with E-state index in [0.717, 1.165) is 32.1 Å². The SMILES string of the molecule is CCCCC/C=C\C=C/[C@@H](O)C/C=C\C/C=C/CCCC(=O)OC[C@H](COP(=O)(O)OC1[C@H](O)[C@H](O)C(O)[C@H](O)[C@H]1O)OC(=O)CCCCCCCCCCCCCCCCC. The van der Waals surface area contributed by atoms with Crippen molar-refractivity contribution in [1.82, 2.24) is 0 Å². The number of aliphatic hydroxyl groups is 6. The highest BCUT2D eigenvalue weighted by Gasteiger charge is 2.51. The Morgan fingerprint density at radius 3 is 1.68 bits per heavy atom. The van der Waals surface area contributed by atoms with Crippen molar-refractivity contribution in [3.63, 3.8) is 0 Å². The van der Waals surface area contributed by atoms with Crippen LogP contribution >= 0.6 is 7.82 Å². The van der Waals surface area contributed by atoms with Crippen molar-refractivity contribution in [2.45, 2.75) is 223 Å². The van der Waals surface area contributed by atoms with Gasteiger partial charge in [0.15, 0.2) is 6.10 Å². The van der Waals surface area contributed by atoms with Gasteiger partial charge < -0.3 is 45.0 Å². The molecule has 360 valence electrons. The van der Waals surface area contributed by atoms with Crippen LogP contribution in [0.2, 0.25) is 0 Å². The van der Waals surface area contributed by atoms with Crippen molar-refractivity contribution in [2.24, 2.45) is 0 Å². The lowest BCUT2D eigenvalue weighted by Gasteiger charge is -2.41. The molecule has 7 N–H and O–H groups in total. The van der Waals surface area contributed by atoms with Gasteiger partial charge in [0, 0.05) is 12.8 Å². The first-order valence-electron chi connectivity index (χ1n) is 23.5. The zero-order valence-corrected chi connectivity index (χ0v) is 38.7. The minimum atomic E-state index is -5.14. The van der Waals surface area contributed by atoms with Gasteiger partial charge in [-0.3, -0.25) is 18.6 Å². The lowest BCUT2D eigenvalue weighted by atomic mass is 9.85. The summed E-state index contributed by atoms with van der Waals surface area (Å²) in [5.41, 5.74) is 0. The Kier molecular flexibility index (Phi) is 34.5. The molecule has 14 nitrogen and oxygen atoms in total. The fourth-order valence-electron chi connectivity index (χ4n) is 6.89. The number of carbonyl (C=O) groups excluding carboxylic acids is 2. The number of esters is 2. The molecule has 62 heavy (non-hydrogen) atoms. The molecule has 0 aromatic heterocycles. The van der Waals surface area contributed by atoms with Gasteiger partial charge in [0.1, 0.15) is 43.2 Å². The van der Waals surface area contributed by atoms with E-state index in [1.54, 1.807) is 6.08 Å². The molecule has 0 bridgehead atoms. The molecule has 0 spiro atoms. The average Bonchev–Trinajstić information content (AvgIpc) is 3.25. The molecule has 0 aliphatic heterocycles. The van der Waals surface area contributed by atoms with Crippen LogP contribution < -0.4 is 0 Å². The second kappa shape index (κ2) is 37.0. The third kappa shape index (κ3) is 29.3. The average molecular weight is 903 g/mol. The van der Waals surface area contributed by atoms with Crippen molar-refractivity contribution >= 4 is 19.8 Å². The van der Waals surface area contributed by atoms with E-state index in [2.05, 4.69) is 19.9 Å². The Bertz CT molecular complexity index is 1290. The number of ether oxygens (including phenoxy) is 2. The summed E-state index contributed by atoms with van der Waals surface area (Å²) in [6.07, 6.45) is 26.1. The van der Waals surface area contributed by atoms with E-state index < -0.39 is 81.8 Å². The zero-order valence-electron chi connectivity index (χ0n) is 37.8. The largest absolute Gasteiger partial charge is 0.472 e. The van der Waals surface area contributed by atoms with Crippen LogP contribution in [-0.2, 0) is 32.7 Å². The second-order valence-corrected chi connectivity index (χ2v) is 17.9. The van der Waals surface area contributed by atoms with Crippen molar-refractivity contribution in [2.75, 3.05) is 13.2 Å². The predicted octanol–water partition coefficient (Wildman–Crippen LogP) is 8.14. The number of aliphatic hydroxyl groups excluding tert-OH is 6. The van der Waals surface area contributed by atoms with Crippen molar-refractivity contribution in [3.8, 4) is 0 Å². The summed E-state index contributed by atoms with van der Waals surface area (Å²) >= 11 is 0. The van der Waals surface area contributed by atoms with Crippen LogP contribution in [0.5, 0.6) is 0 Å². The lowest BCUT2D eigenvalue weighted by molar-refractivity contribution is -0.220. The molecule has 0 saturated heterocycles. The van der Waals surface area contributed by atoms with Gasteiger partial charge in [0.2, 0.25) is 0 Å². The molecule has 0 aromatic carbocycles. The van der Waals surface area contributed by atoms with Crippen molar-refractivity contribution < 1.29 is 68.2 Å². The third-order valence-electron chi connectivity index (χ3n) is 10.8. The number of allylic oxidation sites excluding steroid dienone is 6. The highest BCUT2D eigenvalue weighted by atomic mass is 31.2. The number of carbonyl (C=O) groups is 2. The molecule has 1 aliphatic rings. The van der Waals surface area contributed by atoms with E-state index in [1.165, 1.54) is 83.5 Å². The van der Waals surface area contributed by atoms with Crippen LogP contribution in [-0.4, -0.2) is 110 Å². The molecular weight excluding hydrogens is 819 g/mol. The van der Waals surface area contributed by atoms with Crippen molar-refractivity contribution in [3.05, 3.63) is 48.6 Å².